The molecule has 2 heterocycles. The van der Waals surface area contributed by atoms with E-state index in [2.05, 4.69) is 26.0 Å². The number of hydrogen-bond donors (Lipinski definition) is 5. The summed E-state index contributed by atoms with van der Waals surface area (Å²) < 4.78 is 24.4. The number of nitrogens with one attached hydrogen (secondary N) is 5. The SMILES string of the molecule is C=O.CNS(=O)(=O)c1ccccc1.O=C1NC2NC(=O)NC2N1. The molecule has 3 rings (SSSR count). The van der Waals surface area contributed by atoms with E-state index in [1.807, 2.05) is 6.79 Å². The van der Waals surface area contributed by atoms with Crippen LogP contribution in [-0.4, -0.2) is 46.6 Å². The Labute approximate surface area is 133 Å². The van der Waals surface area contributed by atoms with E-state index >= 15 is 0 Å². The van der Waals surface area contributed by atoms with Crippen molar-refractivity contribution in [2.75, 3.05) is 7.05 Å². The molecule has 1 aromatic rings. The Bertz CT molecular complexity index is 613. The van der Waals surface area contributed by atoms with Gasteiger partial charge in [0.25, 0.3) is 0 Å². The highest BCUT2D eigenvalue weighted by molar-refractivity contribution is 7.89. The quantitative estimate of drug-likeness (QED) is 0.452. The van der Waals surface area contributed by atoms with Gasteiger partial charge in [0.15, 0.2) is 0 Å². The Balaban J connectivity index is 0.000000208. The monoisotopic (exact) mass is 343 g/mol. The number of fused-ring (bicyclic) bond motifs is 1. The second-order valence-corrected chi connectivity index (χ2v) is 6.10. The van der Waals surface area contributed by atoms with Crippen LogP contribution in [-0.2, 0) is 14.8 Å². The molecular weight excluding hydrogens is 326 g/mol. The number of sulfonamides is 1. The molecular formula is C12H17N5O5S. The van der Waals surface area contributed by atoms with Gasteiger partial charge in [0.1, 0.15) is 19.1 Å². The number of carbonyl (C=O) groups is 3. The van der Waals surface area contributed by atoms with Crippen LogP contribution in [0.4, 0.5) is 9.59 Å². The Hall–Kier alpha value is -2.66. The summed E-state index contributed by atoms with van der Waals surface area (Å²) >= 11 is 0. The van der Waals surface area contributed by atoms with Crippen LogP contribution in [0.1, 0.15) is 0 Å². The summed E-state index contributed by atoms with van der Waals surface area (Å²) in [7, 11) is -1.86. The van der Waals surface area contributed by atoms with Crippen LogP contribution in [0.5, 0.6) is 0 Å². The van der Waals surface area contributed by atoms with Gasteiger partial charge in [-0.15, -0.1) is 0 Å². The smallest absolute Gasteiger partial charge is 0.314 e. The summed E-state index contributed by atoms with van der Waals surface area (Å²) in [4.78, 5) is 29.4. The molecule has 5 N–H and O–H groups in total. The van der Waals surface area contributed by atoms with Gasteiger partial charge in [0.05, 0.1) is 4.90 Å². The molecule has 0 atom stereocenters. The fourth-order valence-electron chi connectivity index (χ4n) is 1.77. The minimum atomic E-state index is -3.25. The molecule has 2 fully saturated rings. The van der Waals surface area contributed by atoms with Crippen LogP contribution in [0.25, 0.3) is 0 Å². The summed E-state index contributed by atoms with van der Waals surface area (Å²) in [5.41, 5.74) is 0. The Morgan fingerprint density at radius 2 is 1.30 bits per heavy atom. The minimum Gasteiger partial charge on any atom is -0.314 e. The maximum Gasteiger partial charge on any atom is 0.318 e. The fourth-order valence-corrected chi connectivity index (χ4v) is 2.52. The van der Waals surface area contributed by atoms with Gasteiger partial charge in [-0.25, -0.2) is 22.7 Å². The number of rotatable bonds is 2. The molecule has 0 spiro atoms. The topological polar surface area (TPSA) is 146 Å². The number of urea groups is 2. The molecule has 11 heteroatoms. The lowest BCUT2D eigenvalue weighted by Gasteiger charge is -2.02. The summed E-state index contributed by atoms with van der Waals surface area (Å²) in [5.74, 6) is 0. The van der Waals surface area contributed by atoms with E-state index < -0.39 is 10.0 Å². The van der Waals surface area contributed by atoms with Crippen LogP contribution >= 0.6 is 0 Å². The van der Waals surface area contributed by atoms with Crippen molar-refractivity contribution in [1.29, 1.82) is 0 Å². The van der Waals surface area contributed by atoms with Gasteiger partial charge in [-0.05, 0) is 19.2 Å². The summed E-state index contributed by atoms with van der Waals surface area (Å²) in [6.45, 7) is 2.00. The van der Waals surface area contributed by atoms with Gasteiger partial charge in [-0.3, -0.25) is 0 Å². The fraction of sp³-hybridized carbons (Fsp3) is 0.250. The maximum absolute atomic E-state index is 11.1. The molecule has 23 heavy (non-hydrogen) atoms. The van der Waals surface area contributed by atoms with E-state index in [1.54, 1.807) is 30.3 Å². The van der Waals surface area contributed by atoms with Crippen LogP contribution in [0.15, 0.2) is 35.2 Å². The number of hydrogen-bond acceptors (Lipinski definition) is 5. The lowest BCUT2D eigenvalue weighted by molar-refractivity contribution is -0.0980. The highest BCUT2D eigenvalue weighted by Crippen LogP contribution is 2.05. The molecule has 0 aromatic heterocycles. The first-order chi connectivity index (χ1) is 10.9. The van der Waals surface area contributed by atoms with Crippen molar-refractivity contribution in [1.82, 2.24) is 26.0 Å². The van der Waals surface area contributed by atoms with Gasteiger partial charge in [-0.2, -0.15) is 0 Å². The average molecular weight is 343 g/mol. The Morgan fingerprint density at radius 3 is 1.65 bits per heavy atom. The van der Waals surface area contributed by atoms with Crippen LogP contribution < -0.4 is 26.0 Å². The zero-order valence-corrected chi connectivity index (χ0v) is 13.0. The minimum absolute atomic E-state index is 0.262. The van der Waals surface area contributed by atoms with E-state index in [1.165, 1.54) is 7.05 Å². The van der Waals surface area contributed by atoms with Crippen molar-refractivity contribution in [2.45, 2.75) is 17.2 Å². The third kappa shape index (κ3) is 4.93. The first-order valence-corrected chi connectivity index (χ1v) is 7.82. The zero-order chi connectivity index (χ0) is 17.5. The first kappa shape index (κ1) is 18.4. The number of carbonyl (C=O) groups excluding carboxylic acids is 3. The van der Waals surface area contributed by atoms with E-state index in [9.17, 15) is 18.0 Å². The second kappa shape index (κ2) is 8.10. The predicted molar refractivity (Wildman–Crippen MR) is 80.7 cm³/mol. The molecule has 0 radical (unpaired) electrons. The van der Waals surface area contributed by atoms with Crippen molar-refractivity contribution >= 4 is 28.9 Å². The van der Waals surface area contributed by atoms with E-state index in [4.69, 9.17) is 4.79 Å². The lowest BCUT2D eigenvalue weighted by Crippen LogP contribution is -2.39. The standard InChI is InChI=1S/C7H9NO2S.C4H6N4O2.CH2O/c1-8-11(9,10)7-5-3-2-4-6-7;9-3-5-1-2(7-3)8-4(10)6-1;1-2/h2-6,8H,1H3;1-2H,(H2,5,7,9)(H2,6,8,10);1H2. The molecule has 2 saturated heterocycles. The molecule has 0 aliphatic carbocycles. The van der Waals surface area contributed by atoms with Gasteiger partial charge < -0.3 is 26.1 Å². The zero-order valence-electron chi connectivity index (χ0n) is 12.2. The molecule has 0 bridgehead atoms. The molecule has 1 aromatic carbocycles. The number of amides is 4. The molecule has 0 saturated carbocycles. The third-order valence-electron chi connectivity index (χ3n) is 2.80. The highest BCUT2D eigenvalue weighted by atomic mass is 32.2. The van der Waals surface area contributed by atoms with Crippen molar-refractivity contribution in [3.63, 3.8) is 0 Å². The number of benzene rings is 1. The van der Waals surface area contributed by atoms with Crippen LogP contribution in [0.3, 0.4) is 0 Å². The summed E-state index contributed by atoms with van der Waals surface area (Å²) in [6.07, 6.45) is -0.583. The lowest BCUT2D eigenvalue weighted by atomic mass is 10.4. The highest BCUT2D eigenvalue weighted by Gasteiger charge is 2.38. The molecule has 0 unspecified atom stereocenters. The molecule has 126 valence electrons. The van der Waals surface area contributed by atoms with Crippen molar-refractivity contribution in [3.8, 4) is 0 Å². The van der Waals surface area contributed by atoms with Gasteiger partial charge in [0, 0.05) is 0 Å². The van der Waals surface area contributed by atoms with E-state index in [-0.39, 0.29) is 24.4 Å². The largest absolute Gasteiger partial charge is 0.318 e. The van der Waals surface area contributed by atoms with Crippen LogP contribution in [0, 0.1) is 0 Å². The van der Waals surface area contributed by atoms with Crippen molar-refractivity contribution in [2.24, 2.45) is 0 Å². The molecule has 2 aliphatic heterocycles. The van der Waals surface area contributed by atoms with E-state index in [0.29, 0.717) is 4.90 Å². The van der Waals surface area contributed by atoms with Gasteiger partial charge >= 0.3 is 12.1 Å². The second-order valence-electron chi connectivity index (χ2n) is 4.21. The normalized spacial score (nSPS) is 21.1. The third-order valence-corrected chi connectivity index (χ3v) is 4.23. The Kier molecular flexibility index (Phi) is 6.48. The average Bonchev–Trinajstić information content (AvgIpc) is 3.06. The van der Waals surface area contributed by atoms with Crippen molar-refractivity contribution < 1.29 is 22.8 Å². The molecule has 10 nitrogen and oxygen atoms in total. The van der Waals surface area contributed by atoms with Gasteiger partial charge in [-0.1, -0.05) is 18.2 Å². The maximum atomic E-state index is 11.1. The van der Waals surface area contributed by atoms with Gasteiger partial charge in [0.2, 0.25) is 10.0 Å². The van der Waals surface area contributed by atoms with E-state index in [0.717, 1.165) is 0 Å². The van der Waals surface area contributed by atoms with Crippen molar-refractivity contribution in [3.05, 3.63) is 30.3 Å². The first-order valence-electron chi connectivity index (χ1n) is 6.34. The Morgan fingerprint density at radius 1 is 0.913 bits per heavy atom. The summed E-state index contributed by atoms with van der Waals surface area (Å²) in [6, 6.07) is 7.71. The van der Waals surface area contributed by atoms with Crippen LogP contribution in [0.2, 0.25) is 0 Å². The molecule has 4 amide bonds. The molecule has 2 aliphatic rings. The predicted octanol–water partition coefficient (Wildman–Crippen LogP) is -1.33. The summed E-state index contributed by atoms with van der Waals surface area (Å²) in [5, 5.41) is 10.0.